The standard InChI is InChI=1S/C66H104N8O12S2/c1-62(2,3)85-60(81)71(12)40-50(75)68-46-30-35-87-53-39-65(9,10)55(74(53)59(46)80)58(79)70-49(66(11)31-24-21-25-32-66)42-84-34-27-19-17-15-14-16-18-26-33-83-41-47(45-28-22-20-23-29-45)69-57(78)54-64(7,8)38-52-73(54)51(76)37-44(43-88-52)36-48(56(67)77)72(13)61(82)86-63(4,5)6/h20-25,28-29,31,44,46-49,52-55H,14-19,26-27,30,32-43H2,1-13H3,(H2,67,77)(H,68,75)(H,69,78)(H,70,79)/t44?,46-,47+,48-,49+,52-,53-,54?,55+,66?/m0/s1. The quantitative estimate of drug-likeness (QED) is 0.0571. The number of allylic oxidation sites excluding steroid dienone is 3. The number of ether oxygens (including phenoxy) is 4. The summed E-state index contributed by atoms with van der Waals surface area (Å²) in [6, 6.07) is 5.65. The first kappa shape index (κ1) is 71.8. The summed E-state index contributed by atoms with van der Waals surface area (Å²) < 4.78 is 23.5. The first-order valence-corrected chi connectivity index (χ1v) is 33.9. The molecule has 20 nitrogen and oxygen atoms in total. The largest absolute Gasteiger partial charge is 0.444 e. The highest BCUT2D eigenvalue weighted by Gasteiger charge is 2.56. The molecule has 1 aromatic carbocycles. The molecule has 88 heavy (non-hydrogen) atoms. The molecule has 3 unspecified atom stereocenters. The van der Waals surface area contributed by atoms with E-state index in [1.807, 2.05) is 70.2 Å². The number of nitrogens with two attached hydrogens (primary N) is 1. The minimum atomic E-state index is -0.964. The molecule has 0 spiro atoms. The Hall–Kier alpha value is -5.32. The summed E-state index contributed by atoms with van der Waals surface area (Å²) in [5, 5.41) is 9.04. The van der Waals surface area contributed by atoms with Crippen molar-refractivity contribution in [1.29, 1.82) is 0 Å². The van der Waals surface area contributed by atoms with Crippen LogP contribution in [0.3, 0.4) is 0 Å². The van der Waals surface area contributed by atoms with Crippen molar-refractivity contribution in [2.24, 2.45) is 27.9 Å². The van der Waals surface area contributed by atoms with E-state index >= 15 is 0 Å². The van der Waals surface area contributed by atoms with Crippen LogP contribution in [-0.4, -0.2) is 178 Å². The number of nitrogens with one attached hydrogen (secondary N) is 3. The van der Waals surface area contributed by atoms with Gasteiger partial charge in [-0.05, 0) is 120 Å². The molecule has 1 aliphatic carbocycles. The minimum absolute atomic E-state index is 0.110. The van der Waals surface area contributed by atoms with Crippen LogP contribution in [0.5, 0.6) is 0 Å². The Morgan fingerprint density at radius 2 is 1.28 bits per heavy atom. The van der Waals surface area contributed by atoms with Gasteiger partial charge in [-0.25, -0.2) is 9.59 Å². The molecule has 0 radical (unpaired) electrons. The van der Waals surface area contributed by atoms with E-state index in [0.717, 1.165) is 56.9 Å². The Balaban J connectivity index is 0.915. The number of unbranched alkanes of at least 4 members (excludes halogenated alkanes) is 7. The molecule has 6 rings (SSSR count). The van der Waals surface area contributed by atoms with Gasteiger partial charge in [0.15, 0.2) is 0 Å². The maximum Gasteiger partial charge on any atom is 0.410 e. The maximum absolute atomic E-state index is 14.7. The van der Waals surface area contributed by atoms with Crippen molar-refractivity contribution in [1.82, 2.24) is 35.6 Å². The Kier molecular flexibility index (Phi) is 25.8. The number of benzene rings is 1. The van der Waals surface area contributed by atoms with Gasteiger partial charge in [-0.1, -0.05) is 128 Å². The Bertz CT molecular complexity index is 2630. The zero-order chi connectivity index (χ0) is 64.8. The van der Waals surface area contributed by atoms with Crippen LogP contribution in [-0.2, 0) is 47.7 Å². The lowest BCUT2D eigenvalue weighted by molar-refractivity contribution is -0.144. The fourth-order valence-electron chi connectivity index (χ4n) is 12.6. The van der Waals surface area contributed by atoms with Gasteiger partial charge >= 0.3 is 12.2 Å². The van der Waals surface area contributed by atoms with E-state index in [1.165, 1.54) is 23.9 Å². The number of hydrogen-bond donors (Lipinski definition) is 4. The maximum atomic E-state index is 14.7. The molecule has 0 saturated carbocycles. The number of thioether (sulfide) groups is 2. The van der Waals surface area contributed by atoms with Crippen LogP contribution in [0.2, 0.25) is 0 Å². The second-order valence-electron chi connectivity index (χ2n) is 28.4. The Morgan fingerprint density at radius 3 is 1.86 bits per heavy atom. The van der Waals surface area contributed by atoms with E-state index < -0.39 is 81.7 Å². The summed E-state index contributed by atoms with van der Waals surface area (Å²) in [5.41, 5.74) is 3.75. The van der Waals surface area contributed by atoms with Gasteiger partial charge in [0.1, 0.15) is 41.9 Å². The number of fused-ring (bicyclic) bond motifs is 2. The van der Waals surface area contributed by atoms with Gasteiger partial charge in [0.05, 0.1) is 36.0 Å². The lowest BCUT2D eigenvalue weighted by atomic mass is 9.76. The molecule has 1 aromatic rings. The number of carbonyl (C=O) groups is 8. The molecule has 5 aliphatic rings. The van der Waals surface area contributed by atoms with Gasteiger partial charge < -0.3 is 55.3 Å². The molecule has 4 saturated heterocycles. The van der Waals surface area contributed by atoms with Crippen molar-refractivity contribution in [3.63, 3.8) is 0 Å². The first-order valence-electron chi connectivity index (χ1n) is 31.8. The zero-order valence-corrected chi connectivity index (χ0v) is 56.5. The van der Waals surface area contributed by atoms with Crippen molar-refractivity contribution in [2.45, 2.75) is 224 Å². The summed E-state index contributed by atoms with van der Waals surface area (Å²) >= 11 is 3.24. The molecule has 0 aromatic heterocycles. The molecule has 4 heterocycles. The van der Waals surface area contributed by atoms with Crippen LogP contribution < -0.4 is 21.7 Å². The number of amides is 8. The van der Waals surface area contributed by atoms with Crippen molar-refractivity contribution in [3.05, 3.63) is 60.2 Å². The minimum Gasteiger partial charge on any atom is -0.444 e. The number of primary amides is 1. The third-order valence-corrected chi connectivity index (χ3v) is 20.1. The number of carbonyl (C=O) groups excluding carboxylic acids is 8. The summed E-state index contributed by atoms with van der Waals surface area (Å²) in [6.07, 6.45) is 17.8. The molecular formula is C66H104N8O12S2. The van der Waals surface area contributed by atoms with Crippen molar-refractivity contribution in [3.8, 4) is 0 Å². The van der Waals surface area contributed by atoms with Crippen LogP contribution in [0.1, 0.15) is 178 Å². The molecule has 0 bridgehead atoms. The fraction of sp³-hybridized carbons (Fsp3) is 0.727. The summed E-state index contributed by atoms with van der Waals surface area (Å²) in [7, 11) is 2.97. The molecule has 4 aliphatic heterocycles. The lowest BCUT2D eigenvalue weighted by Crippen LogP contribution is -2.60. The van der Waals surface area contributed by atoms with Crippen molar-refractivity contribution < 1.29 is 57.3 Å². The summed E-state index contributed by atoms with van der Waals surface area (Å²) in [4.78, 5) is 115. The third-order valence-electron chi connectivity index (χ3n) is 17.4. The second-order valence-corrected chi connectivity index (χ2v) is 30.9. The first-order chi connectivity index (χ1) is 41.3. The summed E-state index contributed by atoms with van der Waals surface area (Å²) in [5.74, 6) is -1.17. The van der Waals surface area contributed by atoms with Gasteiger partial charge in [0, 0.05) is 39.1 Å². The van der Waals surface area contributed by atoms with Gasteiger partial charge in [-0.15, -0.1) is 23.5 Å². The number of rotatable bonds is 28. The number of nitrogens with zero attached hydrogens (tertiary/aromatic N) is 4. The molecular weight excluding hydrogens is 1160 g/mol. The molecule has 5 N–H and O–H groups in total. The number of likely N-dealkylation sites (N-methyl/N-ethyl adjacent to an activating group) is 2. The highest BCUT2D eigenvalue weighted by atomic mass is 32.2. The van der Waals surface area contributed by atoms with E-state index in [2.05, 4.69) is 35.0 Å². The molecule has 10 atom stereocenters. The smallest absolute Gasteiger partial charge is 0.410 e. The van der Waals surface area contributed by atoms with E-state index in [4.69, 9.17) is 24.7 Å². The number of hydrogen-bond acceptors (Lipinski definition) is 14. The molecule has 492 valence electrons. The lowest BCUT2D eigenvalue weighted by Gasteiger charge is -2.39. The van der Waals surface area contributed by atoms with Crippen molar-refractivity contribution in [2.75, 3.05) is 58.6 Å². The van der Waals surface area contributed by atoms with E-state index in [1.54, 1.807) is 74.9 Å². The normalized spacial score (nSPS) is 25.1. The summed E-state index contributed by atoms with van der Waals surface area (Å²) in [6.45, 7) is 22.1. The zero-order valence-electron chi connectivity index (χ0n) is 54.8. The highest BCUT2D eigenvalue weighted by molar-refractivity contribution is 8.00. The van der Waals surface area contributed by atoms with E-state index in [0.29, 0.717) is 57.0 Å². The topological polar surface area (TPSA) is 249 Å². The van der Waals surface area contributed by atoms with Crippen molar-refractivity contribution >= 4 is 71.2 Å². The predicted octanol–water partition coefficient (Wildman–Crippen LogP) is 9.26. The second kappa shape index (κ2) is 31.6. The SMILES string of the molecule is CN(CC(=O)N[C@H]1CCS[C@H]2CC(C)(C)[C@@H](C(=O)N[C@H](COCCCCCCCCCCOC[C@@H](NC(=O)C3N4C(=O)CC(C[C@@H](C(N)=O)N(C)C(=O)OC(C)(C)C)CS[C@H]4CC3(C)C)c3ccccc3)C3(C)C=CC=CC3)N2C1=O)C(=O)OC(C)(C)C. The van der Waals surface area contributed by atoms with E-state index in [-0.39, 0.29) is 72.3 Å². The van der Waals surface area contributed by atoms with Gasteiger partial charge in [-0.2, -0.15) is 0 Å². The fourth-order valence-corrected chi connectivity index (χ4v) is 15.8. The highest BCUT2D eigenvalue weighted by Crippen LogP contribution is 2.49. The van der Waals surface area contributed by atoms with Crippen LogP contribution in [0.4, 0.5) is 9.59 Å². The average molecular weight is 1270 g/mol. The monoisotopic (exact) mass is 1260 g/mol. The van der Waals surface area contributed by atoms with Crippen LogP contribution in [0.25, 0.3) is 0 Å². The predicted molar refractivity (Wildman–Crippen MR) is 345 cm³/mol. The van der Waals surface area contributed by atoms with E-state index in [9.17, 15) is 38.4 Å². The average Bonchev–Trinajstić information content (AvgIpc) is 1.77. The van der Waals surface area contributed by atoms with Gasteiger partial charge in [-0.3, -0.25) is 33.7 Å². The van der Waals surface area contributed by atoms with Crippen LogP contribution in [0, 0.1) is 22.2 Å². The van der Waals surface area contributed by atoms with Crippen LogP contribution in [0.15, 0.2) is 54.6 Å². The van der Waals surface area contributed by atoms with Crippen LogP contribution >= 0.6 is 23.5 Å². The molecule has 4 fully saturated rings. The third kappa shape index (κ3) is 20.3. The molecule has 8 amide bonds. The Labute approximate surface area is 532 Å². The van der Waals surface area contributed by atoms with Gasteiger partial charge in [0.2, 0.25) is 35.4 Å². The Morgan fingerprint density at radius 1 is 0.727 bits per heavy atom. The molecule has 22 heteroatoms. The van der Waals surface area contributed by atoms with Gasteiger partial charge in [0.25, 0.3) is 0 Å².